The summed E-state index contributed by atoms with van der Waals surface area (Å²) in [5.41, 5.74) is 2.53. The number of nitrogens with one attached hydrogen (secondary N) is 1. The maximum absolute atomic E-state index is 12.1. The molecule has 0 aliphatic carbocycles. The third-order valence-corrected chi connectivity index (χ3v) is 3.96. The zero-order chi connectivity index (χ0) is 14.5. The van der Waals surface area contributed by atoms with Crippen LogP contribution in [0.25, 0.3) is 0 Å². The molecular weight excluding hydrogens is 252 g/mol. The highest BCUT2D eigenvalue weighted by Gasteiger charge is 2.21. The smallest absolute Gasteiger partial charge is 0.242 e. The van der Waals surface area contributed by atoms with Crippen molar-refractivity contribution in [3.8, 4) is 0 Å². The summed E-state index contributed by atoms with van der Waals surface area (Å²) in [6.07, 6.45) is 1.68. The first kappa shape index (κ1) is 14.6. The summed E-state index contributed by atoms with van der Waals surface area (Å²) < 4.78 is 0. The molecule has 0 fully saturated rings. The molecular formula is C16H22N2O2. The average molecular weight is 274 g/mol. The van der Waals surface area contributed by atoms with Gasteiger partial charge in [0.25, 0.3) is 0 Å². The van der Waals surface area contributed by atoms with E-state index in [0.717, 1.165) is 19.4 Å². The average Bonchev–Trinajstić information content (AvgIpc) is 2.50. The molecule has 1 atom stereocenters. The third-order valence-electron chi connectivity index (χ3n) is 3.96. The van der Waals surface area contributed by atoms with Gasteiger partial charge in [0.1, 0.15) is 0 Å². The highest BCUT2D eigenvalue weighted by atomic mass is 16.2. The fourth-order valence-corrected chi connectivity index (χ4v) is 2.34. The molecule has 2 amide bonds. The first-order chi connectivity index (χ1) is 9.61. The highest BCUT2D eigenvalue weighted by molar-refractivity contribution is 5.85. The van der Waals surface area contributed by atoms with Gasteiger partial charge in [0.15, 0.2) is 0 Å². The molecule has 4 heteroatoms. The number of benzene rings is 1. The Morgan fingerprint density at radius 2 is 2.00 bits per heavy atom. The van der Waals surface area contributed by atoms with Gasteiger partial charge in [0.2, 0.25) is 11.8 Å². The predicted molar refractivity (Wildman–Crippen MR) is 78.0 cm³/mol. The molecule has 0 bridgehead atoms. The molecule has 1 N–H and O–H groups in total. The van der Waals surface area contributed by atoms with Crippen molar-refractivity contribution in [2.75, 3.05) is 13.1 Å². The zero-order valence-electron chi connectivity index (χ0n) is 12.2. The van der Waals surface area contributed by atoms with Gasteiger partial charge in [-0.3, -0.25) is 9.59 Å². The van der Waals surface area contributed by atoms with Gasteiger partial charge in [-0.05, 0) is 24.0 Å². The van der Waals surface area contributed by atoms with E-state index in [4.69, 9.17) is 0 Å². The second-order valence-corrected chi connectivity index (χ2v) is 5.36. The molecule has 1 aliphatic heterocycles. The van der Waals surface area contributed by atoms with Crippen LogP contribution in [0, 0.1) is 5.92 Å². The van der Waals surface area contributed by atoms with Crippen LogP contribution in [0.15, 0.2) is 24.3 Å². The molecule has 0 radical (unpaired) electrons. The van der Waals surface area contributed by atoms with Crippen molar-refractivity contribution in [3.63, 3.8) is 0 Å². The molecule has 4 nitrogen and oxygen atoms in total. The molecule has 1 aliphatic rings. The Labute approximate surface area is 120 Å². The fraction of sp³-hybridized carbons (Fsp3) is 0.500. The number of carbonyl (C=O) groups excluding carboxylic acids is 2. The Hall–Kier alpha value is -1.84. The van der Waals surface area contributed by atoms with Crippen molar-refractivity contribution in [3.05, 3.63) is 35.4 Å². The van der Waals surface area contributed by atoms with E-state index in [1.54, 1.807) is 0 Å². The molecule has 2 rings (SSSR count). The Balaban J connectivity index is 1.87. The Morgan fingerprint density at radius 3 is 2.70 bits per heavy atom. The lowest BCUT2D eigenvalue weighted by molar-refractivity contribution is -0.134. The molecule has 1 heterocycles. The van der Waals surface area contributed by atoms with Gasteiger partial charge >= 0.3 is 0 Å². The van der Waals surface area contributed by atoms with E-state index in [9.17, 15) is 9.59 Å². The minimum Gasteiger partial charge on any atom is -0.347 e. The van der Waals surface area contributed by atoms with E-state index in [2.05, 4.69) is 17.4 Å². The summed E-state index contributed by atoms with van der Waals surface area (Å²) in [4.78, 5) is 25.6. The standard InChI is InChI=1S/C16H22N2O2/c1-3-12(2)16(20)17-10-15(19)18-9-8-13-6-4-5-7-14(13)11-18/h4-7,12H,3,8-11H2,1-2H3,(H,17,20)/t12-/m0/s1. The number of hydrogen-bond acceptors (Lipinski definition) is 2. The second kappa shape index (κ2) is 6.55. The Bertz CT molecular complexity index is 499. The van der Waals surface area contributed by atoms with Crippen LogP contribution >= 0.6 is 0 Å². The number of rotatable bonds is 4. The van der Waals surface area contributed by atoms with Gasteiger partial charge in [-0.1, -0.05) is 38.1 Å². The molecule has 0 aromatic heterocycles. The third kappa shape index (κ3) is 3.38. The van der Waals surface area contributed by atoms with Gasteiger partial charge in [0, 0.05) is 19.0 Å². The number of nitrogens with zero attached hydrogens (tertiary/aromatic N) is 1. The van der Waals surface area contributed by atoms with Crippen LogP contribution in [0.2, 0.25) is 0 Å². The first-order valence-electron chi connectivity index (χ1n) is 7.24. The van der Waals surface area contributed by atoms with Crippen LogP contribution in [0.4, 0.5) is 0 Å². The lowest BCUT2D eigenvalue weighted by Gasteiger charge is -2.29. The van der Waals surface area contributed by atoms with Gasteiger partial charge in [-0.25, -0.2) is 0 Å². The van der Waals surface area contributed by atoms with E-state index in [0.29, 0.717) is 6.54 Å². The summed E-state index contributed by atoms with van der Waals surface area (Å²) in [5, 5.41) is 2.72. The van der Waals surface area contributed by atoms with Crippen molar-refractivity contribution < 1.29 is 9.59 Å². The number of fused-ring (bicyclic) bond motifs is 1. The molecule has 0 spiro atoms. The van der Waals surface area contributed by atoms with Crippen molar-refractivity contribution in [1.82, 2.24) is 10.2 Å². The van der Waals surface area contributed by atoms with E-state index < -0.39 is 0 Å². The summed E-state index contributed by atoms with van der Waals surface area (Å²) in [7, 11) is 0. The normalized spacial score (nSPS) is 15.4. The van der Waals surface area contributed by atoms with Crippen LogP contribution in [0.3, 0.4) is 0 Å². The van der Waals surface area contributed by atoms with Gasteiger partial charge < -0.3 is 10.2 Å². The lowest BCUT2D eigenvalue weighted by atomic mass is 10.00. The minimum atomic E-state index is -0.0433. The van der Waals surface area contributed by atoms with Gasteiger partial charge in [0.05, 0.1) is 6.54 Å². The molecule has 0 saturated heterocycles. The van der Waals surface area contributed by atoms with Crippen molar-refractivity contribution >= 4 is 11.8 Å². The maximum Gasteiger partial charge on any atom is 0.242 e. The molecule has 108 valence electrons. The monoisotopic (exact) mass is 274 g/mol. The molecule has 0 saturated carbocycles. The fourth-order valence-electron chi connectivity index (χ4n) is 2.34. The van der Waals surface area contributed by atoms with Gasteiger partial charge in [-0.2, -0.15) is 0 Å². The van der Waals surface area contributed by atoms with Crippen LogP contribution in [-0.2, 0) is 22.6 Å². The Kier molecular flexibility index (Phi) is 4.77. The summed E-state index contributed by atoms with van der Waals surface area (Å²) in [6, 6.07) is 8.20. The maximum atomic E-state index is 12.1. The molecule has 1 aromatic rings. The Morgan fingerprint density at radius 1 is 1.30 bits per heavy atom. The van der Waals surface area contributed by atoms with E-state index >= 15 is 0 Å². The number of carbonyl (C=O) groups is 2. The van der Waals surface area contributed by atoms with Crippen LogP contribution in [0.1, 0.15) is 31.4 Å². The van der Waals surface area contributed by atoms with E-state index in [1.807, 2.05) is 30.9 Å². The van der Waals surface area contributed by atoms with Crippen molar-refractivity contribution in [1.29, 1.82) is 0 Å². The highest BCUT2D eigenvalue weighted by Crippen LogP contribution is 2.18. The van der Waals surface area contributed by atoms with Crippen LogP contribution in [0.5, 0.6) is 0 Å². The summed E-state index contributed by atoms with van der Waals surface area (Å²) in [6.45, 7) is 5.32. The predicted octanol–water partition coefficient (Wildman–Crippen LogP) is 1.73. The number of hydrogen-bond donors (Lipinski definition) is 1. The largest absolute Gasteiger partial charge is 0.347 e. The van der Waals surface area contributed by atoms with Crippen LogP contribution < -0.4 is 5.32 Å². The molecule has 1 aromatic carbocycles. The second-order valence-electron chi connectivity index (χ2n) is 5.36. The molecule has 0 unspecified atom stereocenters. The van der Waals surface area contributed by atoms with Gasteiger partial charge in [-0.15, -0.1) is 0 Å². The van der Waals surface area contributed by atoms with Crippen molar-refractivity contribution in [2.45, 2.75) is 33.2 Å². The molecule has 20 heavy (non-hydrogen) atoms. The quantitative estimate of drug-likeness (QED) is 0.909. The minimum absolute atomic E-state index is 0.00356. The first-order valence-corrected chi connectivity index (χ1v) is 7.24. The SMILES string of the molecule is CC[C@H](C)C(=O)NCC(=O)N1CCc2ccccc2C1. The van der Waals surface area contributed by atoms with Crippen molar-refractivity contribution in [2.24, 2.45) is 5.92 Å². The summed E-state index contributed by atoms with van der Waals surface area (Å²) in [5.74, 6) is -0.0840. The topological polar surface area (TPSA) is 49.4 Å². The van der Waals surface area contributed by atoms with Crippen LogP contribution in [-0.4, -0.2) is 29.8 Å². The summed E-state index contributed by atoms with van der Waals surface area (Å²) >= 11 is 0. The van der Waals surface area contributed by atoms with E-state index in [1.165, 1.54) is 11.1 Å². The lowest BCUT2D eigenvalue weighted by Crippen LogP contribution is -2.43. The zero-order valence-corrected chi connectivity index (χ0v) is 12.2. The van der Waals surface area contributed by atoms with E-state index in [-0.39, 0.29) is 24.3 Å². The number of amides is 2.